The van der Waals surface area contributed by atoms with E-state index in [9.17, 15) is 14.4 Å². The highest BCUT2D eigenvalue weighted by atomic mass is 16.5. The van der Waals surface area contributed by atoms with Crippen molar-refractivity contribution in [2.24, 2.45) is 5.73 Å². The molecule has 1 aromatic carbocycles. The first-order chi connectivity index (χ1) is 12.3. The number of primary amides is 1. The second-order valence-corrected chi connectivity index (χ2v) is 5.36. The zero-order valence-corrected chi connectivity index (χ0v) is 14.5. The van der Waals surface area contributed by atoms with Crippen molar-refractivity contribution in [3.8, 4) is 11.5 Å². The van der Waals surface area contributed by atoms with Crippen molar-refractivity contribution in [2.45, 2.75) is 13.8 Å². The molecular formula is C17H19N3O6. The highest BCUT2D eigenvalue weighted by molar-refractivity contribution is 5.99. The van der Waals surface area contributed by atoms with E-state index in [0.717, 1.165) is 0 Å². The molecule has 0 fully saturated rings. The van der Waals surface area contributed by atoms with Gasteiger partial charge in [-0.2, -0.15) is 0 Å². The summed E-state index contributed by atoms with van der Waals surface area (Å²) in [5.41, 5.74) is 10.2. The number of nitrogens with one attached hydrogen (secondary N) is 2. The maximum Gasteiger partial charge on any atom is 0.273 e. The molecule has 0 aliphatic carbocycles. The maximum atomic E-state index is 12.2. The molecule has 9 heteroatoms. The fourth-order valence-electron chi connectivity index (χ4n) is 2.19. The van der Waals surface area contributed by atoms with E-state index in [4.69, 9.17) is 19.6 Å². The number of carbonyl (C=O) groups excluding carboxylic acids is 3. The molecule has 1 heterocycles. The van der Waals surface area contributed by atoms with Gasteiger partial charge in [-0.1, -0.05) is 0 Å². The SMILES string of the molecule is COc1cc(C(=O)NNC(=O)c2cc(C)oc2C)ccc1OCC(N)=O. The monoisotopic (exact) mass is 361 g/mol. The van der Waals surface area contributed by atoms with Crippen LogP contribution in [-0.4, -0.2) is 31.4 Å². The number of methoxy groups -OCH3 is 1. The lowest BCUT2D eigenvalue weighted by Gasteiger charge is -2.11. The van der Waals surface area contributed by atoms with Crippen molar-refractivity contribution in [1.82, 2.24) is 10.9 Å². The van der Waals surface area contributed by atoms with Gasteiger partial charge < -0.3 is 19.6 Å². The first kappa shape index (κ1) is 18.8. The normalized spacial score (nSPS) is 10.1. The summed E-state index contributed by atoms with van der Waals surface area (Å²) in [6, 6.07) is 5.89. The molecule has 0 saturated heterocycles. The number of carbonyl (C=O) groups is 3. The van der Waals surface area contributed by atoms with Gasteiger partial charge in [0.15, 0.2) is 18.1 Å². The molecule has 0 saturated carbocycles. The Morgan fingerprint density at radius 1 is 1.08 bits per heavy atom. The smallest absolute Gasteiger partial charge is 0.273 e. The third-order valence-electron chi connectivity index (χ3n) is 3.37. The maximum absolute atomic E-state index is 12.2. The first-order valence-electron chi connectivity index (χ1n) is 7.58. The summed E-state index contributed by atoms with van der Waals surface area (Å²) in [4.78, 5) is 35.0. The van der Waals surface area contributed by atoms with Crippen molar-refractivity contribution >= 4 is 17.7 Å². The topological polar surface area (TPSA) is 133 Å². The lowest BCUT2D eigenvalue weighted by molar-refractivity contribution is -0.119. The van der Waals surface area contributed by atoms with Crippen molar-refractivity contribution in [3.63, 3.8) is 0 Å². The molecule has 26 heavy (non-hydrogen) atoms. The number of rotatable bonds is 6. The van der Waals surface area contributed by atoms with Crippen LogP contribution in [0.4, 0.5) is 0 Å². The zero-order chi connectivity index (χ0) is 19.3. The Hall–Kier alpha value is -3.49. The van der Waals surface area contributed by atoms with E-state index in [-0.39, 0.29) is 23.7 Å². The molecule has 9 nitrogen and oxygen atoms in total. The van der Waals surface area contributed by atoms with Crippen LogP contribution >= 0.6 is 0 Å². The Labute approximate surface area is 149 Å². The van der Waals surface area contributed by atoms with Gasteiger partial charge in [0.2, 0.25) is 0 Å². The minimum absolute atomic E-state index is 0.216. The summed E-state index contributed by atoms with van der Waals surface area (Å²) in [5, 5.41) is 0. The van der Waals surface area contributed by atoms with E-state index in [1.165, 1.54) is 25.3 Å². The summed E-state index contributed by atoms with van der Waals surface area (Å²) < 4.78 is 15.6. The average Bonchev–Trinajstić information content (AvgIpc) is 2.95. The van der Waals surface area contributed by atoms with E-state index in [2.05, 4.69) is 10.9 Å². The molecule has 4 N–H and O–H groups in total. The van der Waals surface area contributed by atoms with Crippen LogP contribution < -0.4 is 26.1 Å². The van der Waals surface area contributed by atoms with Gasteiger partial charge in [-0.3, -0.25) is 25.2 Å². The predicted octanol–water partition coefficient (Wildman–Crippen LogP) is 0.844. The fraction of sp³-hybridized carbons (Fsp3) is 0.235. The van der Waals surface area contributed by atoms with E-state index in [0.29, 0.717) is 17.1 Å². The van der Waals surface area contributed by atoms with Gasteiger partial charge in [-0.05, 0) is 38.1 Å². The van der Waals surface area contributed by atoms with Crippen LogP contribution in [0, 0.1) is 13.8 Å². The molecule has 0 aliphatic rings. The molecule has 2 rings (SSSR count). The number of amides is 3. The summed E-state index contributed by atoms with van der Waals surface area (Å²) >= 11 is 0. The molecular weight excluding hydrogens is 342 g/mol. The van der Waals surface area contributed by atoms with Gasteiger partial charge in [0.05, 0.1) is 12.7 Å². The summed E-state index contributed by atoms with van der Waals surface area (Å²) in [6.45, 7) is 3.05. The molecule has 2 aromatic rings. The van der Waals surface area contributed by atoms with Gasteiger partial charge in [0.1, 0.15) is 11.5 Å². The Balaban J connectivity index is 2.03. The predicted molar refractivity (Wildman–Crippen MR) is 90.8 cm³/mol. The van der Waals surface area contributed by atoms with E-state index in [1.807, 2.05) is 0 Å². The highest BCUT2D eigenvalue weighted by Gasteiger charge is 2.16. The molecule has 0 bridgehead atoms. The number of furan rings is 1. The van der Waals surface area contributed by atoms with Crippen LogP contribution in [0.25, 0.3) is 0 Å². The average molecular weight is 361 g/mol. The van der Waals surface area contributed by atoms with Gasteiger partial charge in [-0.15, -0.1) is 0 Å². The quantitative estimate of drug-likeness (QED) is 0.653. The molecule has 0 aliphatic heterocycles. The van der Waals surface area contributed by atoms with E-state index >= 15 is 0 Å². The largest absolute Gasteiger partial charge is 0.493 e. The lowest BCUT2D eigenvalue weighted by Crippen LogP contribution is -2.41. The number of aryl methyl sites for hydroxylation is 2. The van der Waals surface area contributed by atoms with Gasteiger partial charge in [-0.25, -0.2) is 0 Å². The molecule has 138 valence electrons. The molecule has 0 spiro atoms. The second-order valence-electron chi connectivity index (χ2n) is 5.36. The minimum atomic E-state index is -0.638. The van der Waals surface area contributed by atoms with E-state index in [1.54, 1.807) is 19.9 Å². The van der Waals surface area contributed by atoms with Crippen LogP contribution in [-0.2, 0) is 4.79 Å². The van der Waals surface area contributed by atoms with Crippen LogP contribution in [0.3, 0.4) is 0 Å². The highest BCUT2D eigenvalue weighted by Crippen LogP contribution is 2.28. The van der Waals surface area contributed by atoms with E-state index < -0.39 is 17.7 Å². The molecule has 0 radical (unpaired) electrons. The molecule has 1 aromatic heterocycles. The zero-order valence-electron chi connectivity index (χ0n) is 14.5. The number of hydrogen-bond acceptors (Lipinski definition) is 6. The van der Waals surface area contributed by atoms with Crippen molar-refractivity contribution in [3.05, 3.63) is 46.9 Å². The Morgan fingerprint density at radius 3 is 2.35 bits per heavy atom. The van der Waals surface area contributed by atoms with Crippen molar-refractivity contribution < 1.29 is 28.3 Å². The minimum Gasteiger partial charge on any atom is -0.493 e. The second kappa shape index (κ2) is 8.06. The van der Waals surface area contributed by atoms with Crippen LogP contribution in [0.1, 0.15) is 32.2 Å². The number of hydrogen-bond donors (Lipinski definition) is 3. The first-order valence-corrected chi connectivity index (χ1v) is 7.58. The molecule has 3 amide bonds. The summed E-state index contributed by atoms with van der Waals surface area (Å²) in [7, 11) is 1.39. The third-order valence-corrected chi connectivity index (χ3v) is 3.37. The molecule has 0 atom stereocenters. The van der Waals surface area contributed by atoms with Crippen LogP contribution in [0.15, 0.2) is 28.7 Å². The van der Waals surface area contributed by atoms with Crippen LogP contribution in [0.2, 0.25) is 0 Å². The van der Waals surface area contributed by atoms with Gasteiger partial charge in [0.25, 0.3) is 17.7 Å². The molecule has 0 unspecified atom stereocenters. The van der Waals surface area contributed by atoms with Crippen LogP contribution in [0.5, 0.6) is 11.5 Å². The lowest BCUT2D eigenvalue weighted by atomic mass is 10.2. The summed E-state index contributed by atoms with van der Waals surface area (Å²) in [6.07, 6.45) is 0. The van der Waals surface area contributed by atoms with Crippen molar-refractivity contribution in [2.75, 3.05) is 13.7 Å². The number of ether oxygens (including phenoxy) is 2. The fourth-order valence-corrected chi connectivity index (χ4v) is 2.19. The standard InChI is InChI=1S/C17H19N3O6/c1-9-6-12(10(2)26-9)17(23)20-19-16(22)11-4-5-13(14(7-11)24-3)25-8-15(18)21/h4-7H,8H2,1-3H3,(H2,18,21)(H,19,22)(H,20,23). The number of nitrogens with two attached hydrogens (primary N) is 1. The Morgan fingerprint density at radius 2 is 1.77 bits per heavy atom. The van der Waals surface area contributed by atoms with Gasteiger partial charge in [0, 0.05) is 5.56 Å². The number of hydrazine groups is 1. The third kappa shape index (κ3) is 4.53. The Kier molecular flexibility index (Phi) is 5.84. The summed E-state index contributed by atoms with van der Waals surface area (Å²) in [5.74, 6) is -0.150. The Bertz CT molecular complexity index is 843. The number of benzene rings is 1. The van der Waals surface area contributed by atoms with Gasteiger partial charge >= 0.3 is 0 Å². The van der Waals surface area contributed by atoms with Crippen molar-refractivity contribution in [1.29, 1.82) is 0 Å².